The minimum atomic E-state index is -0.464. The standard InChI is InChI=1S/C6H7NO2S/c1-3-5(2)6(8)9-10-4-7/h3H,1-2H3. The lowest BCUT2D eigenvalue weighted by Crippen LogP contribution is -1.98. The van der Waals surface area contributed by atoms with Crippen LogP contribution in [0.5, 0.6) is 0 Å². The molecule has 0 saturated heterocycles. The number of thiocyanates is 1. The van der Waals surface area contributed by atoms with Crippen molar-refractivity contribution in [1.29, 1.82) is 5.26 Å². The summed E-state index contributed by atoms with van der Waals surface area (Å²) in [5.41, 5.74) is 0.503. The first-order valence-corrected chi connectivity index (χ1v) is 3.36. The molecule has 0 radical (unpaired) electrons. The summed E-state index contributed by atoms with van der Waals surface area (Å²) in [6.07, 6.45) is 1.63. The maximum Gasteiger partial charge on any atom is 0.346 e. The highest BCUT2D eigenvalue weighted by atomic mass is 32.2. The molecule has 0 fully saturated rings. The van der Waals surface area contributed by atoms with Crippen LogP contribution in [0.3, 0.4) is 0 Å². The average molecular weight is 157 g/mol. The summed E-state index contributed by atoms with van der Waals surface area (Å²) in [6.45, 7) is 3.36. The lowest BCUT2D eigenvalue weighted by Gasteiger charge is -1.94. The fourth-order valence-corrected chi connectivity index (χ4v) is 0.484. The minimum absolute atomic E-state index is 0.464. The van der Waals surface area contributed by atoms with Crippen LogP contribution in [0.1, 0.15) is 13.8 Å². The van der Waals surface area contributed by atoms with Gasteiger partial charge in [-0.05, 0) is 13.8 Å². The van der Waals surface area contributed by atoms with Crippen LogP contribution in [0, 0.1) is 10.7 Å². The molecular weight excluding hydrogens is 150 g/mol. The van der Waals surface area contributed by atoms with E-state index in [0.29, 0.717) is 17.6 Å². The highest BCUT2D eigenvalue weighted by molar-refractivity contribution is 7.99. The van der Waals surface area contributed by atoms with E-state index in [0.717, 1.165) is 0 Å². The van der Waals surface area contributed by atoms with Crippen molar-refractivity contribution in [2.24, 2.45) is 0 Å². The molecule has 0 rings (SSSR count). The van der Waals surface area contributed by atoms with E-state index in [2.05, 4.69) is 4.18 Å². The Bertz CT molecular complexity index is 192. The van der Waals surface area contributed by atoms with Crippen molar-refractivity contribution in [1.82, 2.24) is 0 Å². The number of carbonyl (C=O) groups excluding carboxylic acids is 1. The Labute approximate surface area is 63.9 Å². The van der Waals surface area contributed by atoms with Crippen LogP contribution in [-0.4, -0.2) is 5.97 Å². The molecule has 0 saturated carbocycles. The second kappa shape index (κ2) is 4.89. The molecule has 54 valence electrons. The van der Waals surface area contributed by atoms with Gasteiger partial charge in [-0.3, -0.25) is 0 Å². The van der Waals surface area contributed by atoms with Crippen LogP contribution in [-0.2, 0) is 8.98 Å². The van der Waals surface area contributed by atoms with Gasteiger partial charge in [-0.2, -0.15) is 5.26 Å². The highest BCUT2D eigenvalue weighted by Crippen LogP contribution is 2.04. The molecule has 0 heterocycles. The average Bonchev–Trinajstić information content (AvgIpc) is 1.98. The van der Waals surface area contributed by atoms with Crippen molar-refractivity contribution >= 4 is 18.0 Å². The fraction of sp³-hybridized carbons (Fsp3) is 0.333. The van der Waals surface area contributed by atoms with Gasteiger partial charge in [0.2, 0.25) is 0 Å². The summed E-state index contributed by atoms with van der Waals surface area (Å²) in [4.78, 5) is 10.7. The van der Waals surface area contributed by atoms with Gasteiger partial charge in [0, 0.05) is 5.57 Å². The van der Waals surface area contributed by atoms with Gasteiger partial charge in [0.25, 0.3) is 0 Å². The van der Waals surface area contributed by atoms with Crippen LogP contribution in [0.15, 0.2) is 11.6 Å². The molecule has 0 aliphatic carbocycles. The van der Waals surface area contributed by atoms with E-state index in [9.17, 15) is 4.79 Å². The van der Waals surface area contributed by atoms with Crippen molar-refractivity contribution in [3.63, 3.8) is 0 Å². The van der Waals surface area contributed by atoms with Gasteiger partial charge in [0.15, 0.2) is 17.4 Å². The molecule has 0 aromatic rings. The lowest BCUT2D eigenvalue weighted by molar-refractivity contribution is -0.128. The first-order valence-electron chi connectivity index (χ1n) is 2.62. The number of nitriles is 1. The molecule has 0 amide bonds. The van der Waals surface area contributed by atoms with E-state index in [1.54, 1.807) is 25.3 Å². The van der Waals surface area contributed by atoms with E-state index in [4.69, 9.17) is 5.26 Å². The third-order valence-electron chi connectivity index (χ3n) is 0.910. The summed E-state index contributed by atoms with van der Waals surface area (Å²) in [7, 11) is 0. The number of carbonyl (C=O) groups is 1. The molecule has 0 spiro atoms. The molecule has 0 N–H and O–H groups in total. The van der Waals surface area contributed by atoms with Crippen LogP contribution in [0.25, 0.3) is 0 Å². The molecule has 0 aliphatic heterocycles. The molecule has 4 heteroatoms. The zero-order valence-corrected chi connectivity index (χ0v) is 6.57. The zero-order valence-electron chi connectivity index (χ0n) is 5.75. The van der Waals surface area contributed by atoms with Gasteiger partial charge in [-0.25, -0.2) is 4.79 Å². The Balaban J connectivity index is 3.77. The molecule has 0 aromatic carbocycles. The Morgan fingerprint density at radius 3 is 2.80 bits per heavy atom. The third kappa shape index (κ3) is 3.15. The number of allylic oxidation sites excluding steroid dienone is 1. The van der Waals surface area contributed by atoms with Crippen molar-refractivity contribution in [2.75, 3.05) is 0 Å². The van der Waals surface area contributed by atoms with Crippen molar-refractivity contribution in [3.05, 3.63) is 11.6 Å². The SMILES string of the molecule is CC=C(C)C(=O)OSC#N. The maximum absolute atomic E-state index is 10.7. The monoisotopic (exact) mass is 157 g/mol. The fourth-order valence-electron chi connectivity index (χ4n) is 0.240. The summed E-state index contributed by atoms with van der Waals surface area (Å²) < 4.78 is 4.39. The maximum atomic E-state index is 10.7. The molecule has 0 aromatic heterocycles. The minimum Gasteiger partial charge on any atom is -0.372 e. The molecule has 3 nitrogen and oxygen atoms in total. The normalized spacial score (nSPS) is 10.3. The summed E-state index contributed by atoms with van der Waals surface area (Å²) in [5, 5.41) is 9.61. The van der Waals surface area contributed by atoms with Crippen LogP contribution in [0.2, 0.25) is 0 Å². The van der Waals surface area contributed by atoms with Gasteiger partial charge in [0.05, 0.1) is 0 Å². The van der Waals surface area contributed by atoms with E-state index in [-0.39, 0.29) is 0 Å². The predicted molar refractivity (Wildman–Crippen MR) is 38.7 cm³/mol. The van der Waals surface area contributed by atoms with Crippen LogP contribution >= 0.6 is 12.0 Å². The predicted octanol–water partition coefficient (Wildman–Crippen LogP) is 1.63. The Morgan fingerprint density at radius 1 is 1.80 bits per heavy atom. The first-order chi connectivity index (χ1) is 4.72. The summed E-state index contributed by atoms with van der Waals surface area (Å²) in [5.74, 6) is -0.464. The quantitative estimate of drug-likeness (QED) is 0.347. The largest absolute Gasteiger partial charge is 0.372 e. The van der Waals surface area contributed by atoms with E-state index in [1.165, 1.54) is 0 Å². The van der Waals surface area contributed by atoms with E-state index >= 15 is 0 Å². The lowest BCUT2D eigenvalue weighted by atomic mass is 10.3. The second-order valence-electron chi connectivity index (χ2n) is 1.52. The van der Waals surface area contributed by atoms with Gasteiger partial charge in [-0.1, -0.05) is 6.08 Å². The summed E-state index contributed by atoms with van der Waals surface area (Å²) in [6, 6.07) is 0. The number of rotatable bonds is 2. The third-order valence-corrected chi connectivity index (χ3v) is 1.22. The number of nitrogens with zero attached hydrogens (tertiary/aromatic N) is 1. The van der Waals surface area contributed by atoms with Crippen LogP contribution < -0.4 is 0 Å². The van der Waals surface area contributed by atoms with Gasteiger partial charge >= 0.3 is 5.97 Å². The molecule has 0 unspecified atom stereocenters. The first kappa shape index (κ1) is 9.05. The van der Waals surface area contributed by atoms with Gasteiger partial charge in [-0.15, -0.1) is 0 Å². The van der Waals surface area contributed by atoms with Crippen molar-refractivity contribution in [3.8, 4) is 5.40 Å². The molecule has 0 bridgehead atoms. The Hall–Kier alpha value is -0.950. The van der Waals surface area contributed by atoms with Crippen LogP contribution in [0.4, 0.5) is 0 Å². The van der Waals surface area contributed by atoms with Crippen molar-refractivity contribution < 1.29 is 8.98 Å². The molecular formula is C6H7NO2S. The van der Waals surface area contributed by atoms with Gasteiger partial charge in [0.1, 0.15) is 0 Å². The van der Waals surface area contributed by atoms with E-state index < -0.39 is 5.97 Å². The highest BCUT2D eigenvalue weighted by Gasteiger charge is 2.03. The summed E-state index contributed by atoms with van der Waals surface area (Å²) >= 11 is 0.475. The Morgan fingerprint density at radius 2 is 2.40 bits per heavy atom. The smallest absolute Gasteiger partial charge is 0.346 e. The molecule has 0 aliphatic rings. The van der Waals surface area contributed by atoms with E-state index in [1.807, 2.05) is 0 Å². The Kier molecular flexibility index (Phi) is 4.42. The number of hydrogen-bond acceptors (Lipinski definition) is 4. The molecule has 0 atom stereocenters. The van der Waals surface area contributed by atoms with Gasteiger partial charge < -0.3 is 4.18 Å². The zero-order chi connectivity index (χ0) is 7.98. The number of hydrogen-bond donors (Lipinski definition) is 0. The van der Waals surface area contributed by atoms with Crippen molar-refractivity contribution in [2.45, 2.75) is 13.8 Å². The molecule has 10 heavy (non-hydrogen) atoms. The topological polar surface area (TPSA) is 50.1 Å². The second-order valence-corrected chi connectivity index (χ2v) is 2.03.